The van der Waals surface area contributed by atoms with Crippen LogP contribution in [0, 0.1) is 0 Å². The number of rotatable bonds is 2. The van der Waals surface area contributed by atoms with Crippen molar-refractivity contribution in [3.05, 3.63) is 30.3 Å². The molecule has 0 bridgehead atoms. The molecule has 0 spiro atoms. The number of aromatic nitrogens is 3. The van der Waals surface area contributed by atoms with E-state index in [1.165, 1.54) is 0 Å². The molecule has 0 aromatic carbocycles. The number of nitrogens with zero attached hydrogens (tertiary/aromatic N) is 3. The molecule has 0 N–H and O–H groups in total. The fraction of sp³-hybridized carbons (Fsp3) is 0.429. The van der Waals surface area contributed by atoms with Gasteiger partial charge in [0.1, 0.15) is 11.5 Å². The normalized spacial score (nSPS) is 20.2. The van der Waals surface area contributed by atoms with Crippen molar-refractivity contribution in [2.75, 3.05) is 0 Å². The zero-order chi connectivity index (χ0) is 13.1. The van der Waals surface area contributed by atoms with Crippen LogP contribution in [0.2, 0.25) is 0 Å². The molecule has 1 aliphatic carbocycles. The molecule has 1 atom stereocenters. The molecule has 98 valence electrons. The summed E-state index contributed by atoms with van der Waals surface area (Å²) in [5.74, 6) is 0.876. The summed E-state index contributed by atoms with van der Waals surface area (Å²) < 4.78 is 5.26. The van der Waals surface area contributed by atoms with E-state index in [0.29, 0.717) is 23.8 Å². The number of hydrogen-bond acceptors (Lipinski definition) is 5. The third kappa shape index (κ3) is 2.54. The molecule has 1 fully saturated rings. The Morgan fingerprint density at radius 2 is 2.16 bits per heavy atom. The lowest BCUT2D eigenvalue weighted by atomic mass is 9.99. The molecule has 1 aliphatic rings. The van der Waals surface area contributed by atoms with Crippen LogP contribution in [0.5, 0.6) is 0 Å². The quantitative estimate of drug-likeness (QED) is 0.774. The van der Waals surface area contributed by atoms with Crippen LogP contribution in [-0.4, -0.2) is 20.9 Å². The first-order chi connectivity index (χ1) is 9.34. The Hall–Kier alpha value is -2.04. The largest absolute Gasteiger partial charge is 0.338 e. The van der Waals surface area contributed by atoms with Gasteiger partial charge in [-0.15, -0.1) is 0 Å². The van der Waals surface area contributed by atoms with Crippen LogP contribution < -0.4 is 0 Å². The van der Waals surface area contributed by atoms with Gasteiger partial charge in [-0.25, -0.2) is 0 Å². The van der Waals surface area contributed by atoms with Gasteiger partial charge in [-0.2, -0.15) is 4.98 Å². The summed E-state index contributed by atoms with van der Waals surface area (Å²) in [4.78, 5) is 20.5. The number of Topliss-reactive ketones (excluding diaryl/α,β-unsaturated/α-hetero) is 1. The van der Waals surface area contributed by atoms with Crippen LogP contribution >= 0.6 is 0 Å². The van der Waals surface area contributed by atoms with Crippen molar-refractivity contribution in [2.45, 2.75) is 38.0 Å². The van der Waals surface area contributed by atoms with Crippen molar-refractivity contribution < 1.29 is 9.32 Å². The monoisotopic (exact) mass is 257 g/mol. The Kier molecular flexibility index (Phi) is 3.35. The van der Waals surface area contributed by atoms with Gasteiger partial charge in [0.2, 0.25) is 11.7 Å². The SMILES string of the molecule is O=C1CCCCCC1c1nc(-c2ccccn2)no1. The average Bonchev–Trinajstić information content (AvgIpc) is 2.83. The molecular weight excluding hydrogens is 242 g/mol. The predicted molar refractivity (Wildman–Crippen MR) is 68.4 cm³/mol. The van der Waals surface area contributed by atoms with Crippen molar-refractivity contribution >= 4 is 5.78 Å². The maximum absolute atomic E-state index is 12.0. The summed E-state index contributed by atoms with van der Waals surface area (Å²) in [6.07, 6.45) is 6.22. The number of carbonyl (C=O) groups excluding carboxylic acids is 1. The molecule has 5 nitrogen and oxygen atoms in total. The highest BCUT2D eigenvalue weighted by molar-refractivity contribution is 5.84. The second-order valence-corrected chi connectivity index (χ2v) is 4.79. The van der Waals surface area contributed by atoms with E-state index in [9.17, 15) is 4.79 Å². The molecule has 0 radical (unpaired) electrons. The molecule has 0 saturated heterocycles. The van der Waals surface area contributed by atoms with E-state index in [4.69, 9.17) is 4.52 Å². The highest BCUT2D eigenvalue weighted by atomic mass is 16.5. The predicted octanol–water partition coefficient (Wildman–Crippen LogP) is 2.75. The lowest BCUT2D eigenvalue weighted by molar-refractivity contribution is -0.120. The van der Waals surface area contributed by atoms with E-state index in [1.807, 2.05) is 18.2 Å². The number of carbonyl (C=O) groups is 1. The zero-order valence-electron chi connectivity index (χ0n) is 10.6. The van der Waals surface area contributed by atoms with Crippen molar-refractivity contribution in [1.82, 2.24) is 15.1 Å². The first kappa shape index (κ1) is 12.0. The van der Waals surface area contributed by atoms with Crippen LogP contribution in [-0.2, 0) is 4.79 Å². The van der Waals surface area contributed by atoms with Crippen LogP contribution in [0.3, 0.4) is 0 Å². The van der Waals surface area contributed by atoms with E-state index in [0.717, 1.165) is 25.7 Å². The molecule has 5 heteroatoms. The van der Waals surface area contributed by atoms with Gasteiger partial charge in [-0.05, 0) is 25.0 Å². The summed E-state index contributed by atoms with van der Waals surface area (Å²) in [6, 6.07) is 5.53. The van der Waals surface area contributed by atoms with E-state index >= 15 is 0 Å². The molecule has 2 heterocycles. The molecule has 0 amide bonds. The van der Waals surface area contributed by atoms with E-state index in [-0.39, 0.29) is 11.7 Å². The number of hydrogen-bond donors (Lipinski definition) is 0. The first-order valence-electron chi connectivity index (χ1n) is 6.62. The topological polar surface area (TPSA) is 68.9 Å². The minimum absolute atomic E-state index is 0.216. The minimum atomic E-state index is -0.229. The van der Waals surface area contributed by atoms with Gasteiger partial charge in [0.25, 0.3) is 0 Å². The van der Waals surface area contributed by atoms with Gasteiger partial charge in [0.15, 0.2) is 0 Å². The van der Waals surface area contributed by atoms with E-state index in [1.54, 1.807) is 6.20 Å². The van der Waals surface area contributed by atoms with Crippen LogP contribution in [0.1, 0.15) is 43.9 Å². The molecule has 2 aromatic heterocycles. The van der Waals surface area contributed by atoms with Crippen molar-refractivity contribution in [2.24, 2.45) is 0 Å². The minimum Gasteiger partial charge on any atom is -0.338 e. The average molecular weight is 257 g/mol. The standard InChI is InChI=1S/C14H15N3O2/c18-12-8-3-1-2-6-10(12)14-16-13(17-19-14)11-7-4-5-9-15-11/h4-5,7,9-10H,1-3,6,8H2. The van der Waals surface area contributed by atoms with Gasteiger partial charge in [-0.1, -0.05) is 24.1 Å². The molecule has 3 rings (SSSR count). The van der Waals surface area contributed by atoms with E-state index < -0.39 is 0 Å². The third-order valence-corrected chi connectivity index (χ3v) is 3.44. The Bertz CT molecular complexity index is 565. The molecular formula is C14H15N3O2. The Balaban J connectivity index is 1.86. The smallest absolute Gasteiger partial charge is 0.237 e. The third-order valence-electron chi connectivity index (χ3n) is 3.44. The Morgan fingerprint density at radius 1 is 1.21 bits per heavy atom. The zero-order valence-corrected chi connectivity index (χ0v) is 10.6. The second-order valence-electron chi connectivity index (χ2n) is 4.79. The lowest BCUT2D eigenvalue weighted by Gasteiger charge is -2.06. The molecule has 2 aromatic rings. The molecule has 0 aliphatic heterocycles. The van der Waals surface area contributed by atoms with Crippen molar-refractivity contribution in [1.29, 1.82) is 0 Å². The Labute approximate surface area is 111 Å². The second kappa shape index (κ2) is 5.30. The van der Waals surface area contributed by atoms with Crippen molar-refractivity contribution in [3.63, 3.8) is 0 Å². The van der Waals surface area contributed by atoms with Gasteiger partial charge in [0, 0.05) is 12.6 Å². The van der Waals surface area contributed by atoms with Crippen LogP contribution in [0.4, 0.5) is 0 Å². The molecule has 1 saturated carbocycles. The Morgan fingerprint density at radius 3 is 3.00 bits per heavy atom. The summed E-state index contributed by atoms with van der Waals surface area (Å²) in [5, 5.41) is 3.93. The highest BCUT2D eigenvalue weighted by Crippen LogP contribution is 2.28. The molecule has 1 unspecified atom stereocenters. The van der Waals surface area contributed by atoms with E-state index in [2.05, 4.69) is 15.1 Å². The summed E-state index contributed by atoms with van der Waals surface area (Å²) in [7, 11) is 0. The first-order valence-corrected chi connectivity index (χ1v) is 6.62. The lowest BCUT2D eigenvalue weighted by Crippen LogP contribution is -2.10. The fourth-order valence-electron chi connectivity index (χ4n) is 2.40. The number of ketones is 1. The highest BCUT2D eigenvalue weighted by Gasteiger charge is 2.27. The number of pyridine rings is 1. The van der Waals surface area contributed by atoms with Crippen LogP contribution in [0.25, 0.3) is 11.5 Å². The van der Waals surface area contributed by atoms with Crippen molar-refractivity contribution in [3.8, 4) is 11.5 Å². The van der Waals surface area contributed by atoms with Gasteiger partial charge in [0.05, 0.1) is 5.92 Å². The molecule has 19 heavy (non-hydrogen) atoms. The summed E-state index contributed by atoms with van der Waals surface area (Å²) in [6.45, 7) is 0. The van der Waals surface area contributed by atoms with Gasteiger partial charge < -0.3 is 4.52 Å². The van der Waals surface area contributed by atoms with Gasteiger partial charge >= 0.3 is 0 Å². The summed E-state index contributed by atoms with van der Waals surface area (Å²) in [5.41, 5.74) is 0.665. The fourth-order valence-corrected chi connectivity index (χ4v) is 2.40. The summed E-state index contributed by atoms with van der Waals surface area (Å²) >= 11 is 0. The maximum Gasteiger partial charge on any atom is 0.237 e. The van der Waals surface area contributed by atoms with Gasteiger partial charge in [-0.3, -0.25) is 9.78 Å². The maximum atomic E-state index is 12.0. The van der Waals surface area contributed by atoms with Crippen LogP contribution in [0.15, 0.2) is 28.9 Å².